The zero-order valence-electron chi connectivity index (χ0n) is 17.4. The Labute approximate surface area is 168 Å². The van der Waals surface area contributed by atoms with Gasteiger partial charge in [-0.2, -0.15) is 0 Å². The zero-order chi connectivity index (χ0) is 19.5. The van der Waals surface area contributed by atoms with Gasteiger partial charge in [-0.25, -0.2) is 0 Å². The minimum Gasteiger partial charge on any atom is -0.374 e. The average Bonchev–Trinajstić information content (AvgIpc) is 3.06. The highest BCUT2D eigenvalue weighted by Crippen LogP contribution is 2.65. The molecule has 1 saturated heterocycles. The summed E-state index contributed by atoms with van der Waals surface area (Å²) in [5.74, 6) is 2.44. The average molecular weight is 377 g/mol. The van der Waals surface area contributed by atoms with Gasteiger partial charge in [-0.3, -0.25) is 9.78 Å². The second kappa shape index (κ2) is 6.30. The van der Waals surface area contributed by atoms with E-state index in [9.17, 15) is 4.79 Å². The van der Waals surface area contributed by atoms with Gasteiger partial charge in [-0.15, -0.1) is 0 Å². The third kappa shape index (κ3) is 2.41. The third-order valence-electron chi connectivity index (χ3n) is 8.74. The van der Waals surface area contributed by atoms with E-state index in [1.165, 1.54) is 36.1 Å². The van der Waals surface area contributed by atoms with Crippen molar-refractivity contribution in [3.05, 3.63) is 47.9 Å². The van der Waals surface area contributed by atoms with Crippen molar-refractivity contribution < 1.29 is 4.79 Å². The van der Waals surface area contributed by atoms with E-state index in [1.807, 2.05) is 18.5 Å². The summed E-state index contributed by atoms with van der Waals surface area (Å²) in [4.78, 5) is 19.1. The Morgan fingerprint density at radius 1 is 1.21 bits per heavy atom. The smallest absolute Gasteiger partial charge is 0.157 e. The number of fused-ring (bicyclic) bond motifs is 5. The lowest BCUT2D eigenvalue weighted by Crippen LogP contribution is -2.57. The first-order valence-corrected chi connectivity index (χ1v) is 11.1. The fourth-order valence-corrected chi connectivity index (χ4v) is 7.25. The number of hydrogen-bond acceptors (Lipinski definition) is 3. The van der Waals surface area contributed by atoms with Gasteiger partial charge in [-0.1, -0.05) is 26.0 Å². The Balaban J connectivity index is 1.52. The number of nitrogens with zero attached hydrogens (tertiary/aromatic N) is 2. The second-order valence-electron chi connectivity index (χ2n) is 9.88. The Hall–Kier alpha value is -1.90. The molecule has 1 saturated carbocycles. The topological polar surface area (TPSA) is 33.2 Å². The summed E-state index contributed by atoms with van der Waals surface area (Å²) in [6, 6.07) is 4.29. The summed E-state index contributed by atoms with van der Waals surface area (Å²) in [5.41, 5.74) is 4.60. The van der Waals surface area contributed by atoms with Gasteiger partial charge in [0.1, 0.15) is 0 Å². The van der Waals surface area contributed by atoms with Crippen LogP contribution in [-0.2, 0) is 4.79 Å². The molecule has 3 aliphatic carbocycles. The molecule has 1 aliphatic heterocycles. The van der Waals surface area contributed by atoms with Crippen molar-refractivity contribution in [2.45, 2.75) is 52.9 Å². The number of pyridine rings is 1. The molecule has 4 aliphatic rings. The van der Waals surface area contributed by atoms with E-state index in [1.54, 1.807) is 0 Å². The fourth-order valence-electron chi connectivity index (χ4n) is 7.25. The number of carbonyl (C=O) groups is 1. The number of ketones is 1. The van der Waals surface area contributed by atoms with Crippen LogP contribution >= 0.6 is 0 Å². The highest BCUT2D eigenvalue weighted by molar-refractivity contribution is 5.91. The molecule has 0 radical (unpaired) electrons. The van der Waals surface area contributed by atoms with Crippen molar-refractivity contribution in [1.29, 1.82) is 0 Å². The monoisotopic (exact) mass is 376 g/mol. The first-order valence-electron chi connectivity index (χ1n) is 11.1. The van der Waals surface area contributed by atoms with E-state index < -0.39 is 0 Å². The Morgan fingerprint density at radius 3 is 2.82 bits per heavy atom. The molecule has 0 unspecified atom stereocenters. The molecule has 28 heavy (non-hydrogen) atoms. The molecule has 0 amide bonds. The normalized spacial score (nSPS) is 39.6. The third-order valence-corrected chi connectivity index (χ3v) is 8.74. The summed E-state index contributed by atoms with van der Waals surface area (Å²) in [7, 11) is 0. The van der Waals surface area contributed by atoms with Crippen LogP contribution in [0.15, 0.2) is 42.4 Å². The minimum atomic E-state index is 0.172. The highest BCUT2D eigenvalue weighted by Gasteiger charge is 2.58. The molecular formula is C25H32N2O. The maximum atomic E-state index is 12.2. The molecule has 3 heteroatoms. The van der Waals surface area contributed by atoms with Crippen molar-refractivity contribution in [3.63, 3.8) is 0 Å². The summed E-state index contributed by atoms with van der Waals surface area (Å²) in [5, 5.41) is 0. The quantitative estimate of drug-likeness (QED) is 0.719. The molecule has 2 heterocycles. The van der Waals surface area contributed by atoms with Crippen LogP contribution in [0.3, 0.4) is 0 Å². The number of allylic oxidation sites excluding steroid dienone is 4. The van der Waals surface area contributed by atoms with Crippen LogP contribution in [0, 0.1) is 28.6 Å². The molecule has 0 N–H and O–H groups in total. The van der Waals surface area contributed by atoms with E-state index in [4.69, 9.17) is 0 Å². The van der Waals surface area contributed by atoms with Gasteiger partial charge in [0.25, 0.3) is 0 Å². The molecular weight excluding hydrogens is 344 g/mol. The summed E-state index contributed by atoms with van der Waals surface area (Å²) in [6.07, 6.45) is 13.9. The Morgan fingerprint density at radius 2 is 2.07 bits per heavy atom. The van der Waals surface area contributed by atoms with Crippen molar-refractivity contribution in [1.82, 2.24) is 9.88 Å². The van der Waals surface area contributed by atoms with Crippen LogP contribution in [0.25, 0.3) is 5.57 Å². The van der Waals surface area contributed by atoms with E-state index in [0.717, 1.165) is 25.9 Å². The second-order valence-corrected chi connectivity index (χ2v) is 9.88. The number of piperidine rings is 1. The van der Waals surface area contributed by atoms with Gasteiger partial charge in [0.05, 0.1) is 0 Å². The van der Waals surface area contributed by atoms with Crippen molar-refractivity contribution in [3.8, 4) is 0 Å². The van der Waals surface area contributed by atoms with Crippen LogP contribution in [-0.4, -0.2) is 28.8 Å². The van der Waals surface area contributed by atoms with Gasteiger partial charge >= 0.3 is 0 Å². The van der Waals surface area contributed by atoms with E-state index >= 15 is 0 Å². The molecule has 2 fully saturated rings. The van der Waals surface area contributed by atoms with Crippen LogP contribution in [0.4, 0.5) is 0 Å². The predicted octanol–water partition coefficient (Wildman–Crippen LogP) is 5.11. The molecule has 1 aromatic heterocycles. The van der Waals surface area contributed by atoms with E-state index in [-0.39, 0.29) is 10.8 Å². The van der Waals surface area contributed by atoms with Crippen LogP contribution in [0.5, 0.6) is 0 Å². The number of hydrogen-bond donors (Lipinski definition) is 0. The molecule has 0 bridgehead atoms. The lowest BCUT2D eigenvalue weighted by Gasteiger charge is -2.60. The summed E-state index contributed by atoms with van der Waals surface area (Å²) >= 11 is 0. The molecule has 5 atom stereocenters. The summed E-state index contributed by atoms with van der Waals surface area (Å²) in [6.45, 7) is 9.33. The molecule has 148 valence electrons. The van der Waals surface area contributed by atoms with E-state index in [0.29, 0.717) is 23.5 Å². The fraction of sp³-hybridized carbons (Fsp3) is 0.600. The summed E-state index contributed by atoms with van der Waals surface area (Å²) < 4.78 is 0. The Bertz CT molecular complexity index is 857. The molecule has 0 spiro atoms. The van der Waals surface area contributed by atoms with Gasteiger partial charge in [0.2, 0.25) is 0 Å². The molecule has 5 rings (SSSR count). The van der Waals surface area contributed by atoms with Crippen molar-refractivity contribution in [2.75, 3.05) is 13.1 Å². The van der Waals surface area contributed by atoms with Gasteiger partial charge < -0.3 is 4.90 Å². The number of aromatic nitrogens is 1. The molecule has 1 aromatic rings. The maximum Gasteiger partial charge on any atom is 0.157 e. The first kappa shape index (κ1) is 18.1. The lowest BCUT2D eigenvalue weighted by molar-refractivity contribution is -0.118. The molecule has 0 aromatic carbocycles. The largest absolute Gasteiger partial charge is 0.374 e. The van der Waals surface area contributed by atoms with Gasteiger partial charge in [0.15, 0.2) is 5.78 Å². The number of carbonyl (C=O) groups excluding carboxylic acids is 1. The standard InChI is InChI=1S/C25H32N2O/c1-4-27-16-19-21-8-7-20(17-6-5-13-26-15-17)24(21,2)12-10-22(19)25(3)11-9-18(28)14-23(25)27/h5-7,13-15,19,21-22H,4,8-12,16H2,1-3H3/t19-,21-,22-,24+,25+/m0/s1. The van der Waals surface area contributed by atoms with Crippen molar-refractivity contribution in [2.24, 2.45) is 28.6 Å². The van der Waals surface area contributed by atoms with Gasteiger partial charge in [0, 0.05) is 49.1 Å². The van der Waals surface area contributed by atoms with Crippen molar-refractivity contribution >= 4 is 11.4 Å². The van der Waals surface area contributed by atoms with E-state index in [2.05, 4.69) is 48.9 Å². The number of rotatable bonds is 2. The van der Waals surface area contributed by atoms with Gasteiger partial charge in [-0.05, 0) is 73.0 Å². The first-order chi connectivity index (χ1) is 13.5. The predicted molar refractivity (Wildman–Crippen MR) is 112 cm³/mol. The zero-order valence-corrected chi connectivity index (χ0v) is 17.4. The molecule has 3 nitrogen and oxygen atoms in total. The highest BCUT2D eigenvalue weighted by atomic mass is 16.1. The minimum absolute atomic E-state index is 0.172. The number of likely N-dealkylation sites (tertiary alicyclic amines) is 1. The maximum absolute atomic E-state index is 12.2. The Kier molecular flexibility index (Phi) is 4.08. The van der Waals surface area contributed by atoms with Crippen LogP contribution in [0.1, 0.15) is 58.4 Å². The van der Waals surface area contributed by atoms with Crippen LogP contribution in [0.2, 0.25) is 0 Å². The SMILES string of the molecule is CCN1C[C@@H]2[C@H](CC[C@]3(C)C(c4cccnc4)=CC[C@@H]23)[C@@]2(C)CCC(=O)C=C12. The lowest BCUT2D eigenvalue weighted by atomic mass is 9.49. The van der Waals surface area contributed by atoms with Crippen LogP contribution < -0.4 is 0 Å².